The van der Waals surface area contributed by atoms with Gasteiger partial charge in [-0.05, 0) is 37.6 Å². The minimum absolute atomic E-state index is 0.0153. The lowest BCUT2D eigenvalue weighted by atomic mass is 10.1. The molecule has 210 valence electrons. The number of carbonyl (C=O) groups is 4. The summed E-state index contributed by atoms with van der Waals surface area (Å²) in [4.78, 5) is 48.7. The second-order valence-electron chi connectivity index (χ2n) is 8.61. The van der Waals surface area contributed by atoms with E-state index in [1.54, 1.807) is 47.4 Å². The summed E-state index contributed by atoms with van der Waals surface area (Å²) >= 11 is 0. The highest BCUT2D eigenvalue weighted by atomic mass is 19.4. The number of carbonyl (C=O) groups excluding carboxylic acids is 2. The number of anilines is 1. The molecule has 2 aromatic carbocycles. The molecule has 0 spiro atoms. The van der Waals surface area contributed by atoms with E-state index in [2.05, 4.69) is 0 Å². The fraction of sp³-hybridized carbons (Fsp3) is 0.320. The maximum absolute atomic E-state index is 13.2. The number of rotatable bonds is 8. The lowest BCUT2D eigenvalue weighted by Gasteiger charge is -2.26. The van der Waals surface area contributed by atoms with Gasteiger partial charge in [-0.2, -0.15) is 13.2 Å². The predicted molar refractivity (Wildman–Crippen MR) is 133 cm³/mol. The lowest BCUT2D eigenvalue weighted by molar-refractivity contribution is -0.192. The molecule has 1 aliphatic heterocycles. The van der Waals surface area contributed by atoms with Gasteiger partial charge >= 0.3 is 18.1 Å². The third-order valence-corrected chi connectivity index (χ3v) is 5.36. The van der Waals surface area contributed by atoms with Crippen molar-refractivity contribution < 1.29 is 47.3 Å². The number of alkyl halides is 3. The Hall–Kier alpha value is -4.62. The molecule has 3 rings (SSSR count). The van der Waals surface area contributed by atoms with E-state index < -0.39 is 24.0 Å². The van der Waals surface area contributed by atoms with Crippen molar-refractivity contribution in [1.82, 2.24) is 4.90 Å². The number of carboxylic acids is 2. The normalized spacial score (nSPS) is 13.3. The Balaban J connectivity index is 0.000000673. The van der Waals surface area contributed by atoms with Gasteiger partial charge in [0, 0.05) is 18.2 Å². The number of aliphatic carboxylic acids is 2. The lowest BCUT2D eigenvalue weighted by Crippen LogP contribution is -2.42. The highest BCUT2D eigenvalue weighted by Crippen LogP contribution is 2.31. The zero-order valence-corrected chi connectivity index (χ0v) is 21.0. The van der Waals surface area contributed by atoms with Crippen LogP contribution < -0.4 is 15.4 Å². The maximum atomic E-state index is 13.2. The third kappa shape index (κ3) is 8.45. The molecular weight excluding hydrogens is 525 g/mol. The van der Waals surface area contributed by atoms with Crippen LogP contribution in [-0.4, -0.2) is 70.0 Å². The first-order valence-corrected chi connectivity index (χ1v) is 11.4. The number of benzene rings is 2. The number of nitrogens with two attached hydrogens (primary N) is 1. The monoisotopic (exact) mass is 552 g/mol. The summed E-state index contributed by atoms with van der Waals surface area (Å²) in [6, 6.07) is 11.9. The Kier molecular flexibility index (Phi) is 10.0. The van der Waals surface area contributed by atoms with Gasteiger partial charge in [-0.25, -0.2) is 4.79 Å². The number of nitrogens with zero attached hydrogens (tertiary/aromatic N) is 2. The van der Waals surface area contributed by atoms with Crippen LogP contribution in [0.5, 0.6) is 5.75 Å². The largest absolute Gasteiger partial charge is 0.490 e. The number of fused-ring (bicyclic) bond motifs is 1. The number of hydrogen-bond donors (Lipinski definition) is 4. The Morgan fingerprint density at radius 3 is 2.18 bits per heavy atom. The van der Waals surface area contributed by atoms with Crippen LogP contribution in [0.4, 0.5) is 18.9 Å². The fourth-order valence-electron chi connectivity index (χ4n) is 3.53. The Morgan fingerprint density at radius 2 is 1.69 bits per heavy atom. The van der Waals surface area contributed by atoms with Crippen molar-refractivity contribution in [2.75, 3.05) is 18.0 Å². The number of ether oxygens (including phenoxy) is 1. The van der Waals surface area contributed by atoms with Gasteiger partial charge in [-0.3, -0.25) is 19.8 Å². The van der Waals surface area contributed by atoms with Crippen LogP contribution >= 0.6 is 0 Å². The summed E-state index contributed by atoms with van der Waals surface area (Å²) in [5.41, 5.74) is 7.71. The molecule has 0 saturated heterocycles. The van der Waals surface area contributed by atoms with Crippen molar-refractivity contribution >= 4 is 35.3 Å². The molecule has 0 unspecified atom stereocenters. The molecule has 0 aromatic heterocycles. The number of nitrogens with one attached hydrogen (secondary N) is 1. The Morgan fingerprint density at radius 1 is 1.10 bits per heavy atom. The second-order valence-corrected chi connectivity index (χ2v) is 8.61. The van der Waals surface area contributed by atoms with Gasteiger partial charge in [0.1, 0.15) is 24.7 Å². The molecular formula is C25H27F3N4O7. The highest BCUT2D eigenvalue weighted by Gasteiger charge is 2.38. The van der Waals surface area contributed by atoms with Crippen LogP contribution in [0.2, 0.25) is 0 Å². The average molecular weight is 553 g/mol. The zero-order chi connectivity index (χ0) is 29.5. The number of nitrogen functional groups attached to an aromatic ring is 1. The van der Waals surface area contributed by atoms with Gasteiger partial charge in [0.05, 0.1) is 17.7 Å². The standard InChI is InChI=1S/C23H26N4O5.C2HF3O2/c1-14(2)27-19-8-7-17(32-13-15-3-5-16(6-4-15)22(24)25)11-18(19)23(31)26(12-20(27)28)10-9-21(29)30;3-2(4,5)1(6)7/h3-8,11,14H,9-10,12-13H2,1-2H3,(H3,24,25)(H,29,30);(H,6,7). The fourth-order valence-corrected chi connectivity index (χ4v) is 3.53. The molecule has 1 aliphatic rings. The molecule has 1 heterocycles. The minimum Gasteiger partial charge on any atom is -0.489 e. The van der Waals surface area contributed by atoms with Crippen molar-refractivity contribution in [2.45, 2.75) is 39.1 Å². The summed E-state index contributed by atoms with van der Waals surface area (Å²) < 4.78 is 37.6. The predicted octanol–water partition coefficient (Wildman–Crippen LogP) is 2.85. The van der Waals surface area contributed by atoms with E-state index >= 15 is 0 Å². The van der Waals surface area contributed by atoms with Crippen LogP contribution in [0, 0.1) is 5.41 Å². The van der Waals surface area contributed by atoms with Crippen LogP contribution in [0.3, 0.4) is 0 Å². The van der Waals surface area contributed by atoms with E-state index in [0.29, 0.717) is 22.6 Å². The molecule has 11 nitrogen and oxygen atoms in total. The average Bonchev–Trinajstić information content (AvgIpc) is 2.95. The second kappa shape index (κ2) is 12.8. The Labute approximate surface area is 221 Å². The molecule has 14 heteroatoms. The molecule has 0 bridgehead atoms. The van der Waals surface area contributed by atoms with Gasteiger partial charge in [0.25, 0.3) is 5.91 Å². The topological polar surface area (TPSA) is 174 Å². The molecule has 0 saturated carbocycles. The first kappa shape index (κ1) is 30.6. The summed E-state index contributed by atoms with van der Waals surface area (Å²) in [6.45, 7) is 3.71. The van der Waals surface area contributed by atoms with Gasteiger partial charge in [0.15, 0.2) is 0 Å². The van der Waals surface area contributed by atoms with E-state index in [0.717, 1.165) is 5.56 Å². The first-order chi connectivity index (χ1) is 18.1. The van der Waals surface area contributed by atoms with E-state index in [4.69, 9.17) is 30.9 Å². The molecule has 0 radical (unpaired) electrons. The van der Waals surface area contributed by atoms with Crippen LogP contribution in [0.1, 0.15) is 41.8 Å². The minimum atomic E-state index is -5.08. The summed E-state index contributed by atoms with van der Waals surface area (Å²) in [5, 5.41) is 23.6. The number of amides is 2. The van der Waals surface area contributed by atoms with E-state index in [9.17, 15) is 27.6 Å². The molecule has 0 fully saturated rings. The van der Waals surface area contributed by atoms with Gasteiger partial charge < -0.3 is 30.5 Å². The van der Waals surface area contributed by atoms with Gasteiger partial charge in [-0.1, -0.05) is 24.3 Å². The Bertz CT molecular complexity index is 1250. The number of hydrogen-bond acceptors (Lipinski definition) is 6. The molecule has 0 atom stereocenters. The summed E-state index contributed by atoms with van der Waals surface area (Å²) in [6.07, 6.45) is -5.33. The SMILES string of the molecule is CC(C)N1C(=O)CN(CCC(=O)O)C(=O)c2cc(OCc3ccc(C(=N)N)cc3)ccc21.O=C(O)C(F)(F)F. The quantitative estimate of drug-likeness (QED) is 0.286. The van der Waals surface area contributed by atoms with E-state index in [1.807, 2.05) is 13.8 Å². The molecule has 39 heavy (non-hydrogen) atoms. The van der Waals surface area contributed by atoms with Crippen molar-refractivity contribution in [3.8, 4) is 5.75 Å². The van der Waals surface area contributed by atoms with Crippen molar-refractivity contribution in [2.24, 2.45) is 5.73 Å². The van der Waals surface area contributed by atoms with Crippen molar-refractivity contribution in [1.29, 1.82) is 5.41 Å². The van der Waals surface area contributed by atoms with E-state index in [-0.39, 0.29) is 43.9 Å². The number of amidine groups is 1. The number of halogens is 3. The number of carboxylic acid groups (broad SMARTS) is 2. The van der Waals surface area contributed by atoms with Crippen LogP contribution in [-0.2, 0) is 21.0 Å². The molecule has 0 aliphatic carbocycles. The van der Waals surface area contributed by atoms with Gasteiger partial charge in [0.2, 0.25) is 5.91 Å². The highest BCUT2D eigenvalue weighted by molar-refractivity contribution is 6.10. The summed E-state index contributed by atoms with van der Waals surface area (Å²) in [7, 11) is 0. The smallest absolute Gasteiger partial charge is 0.489 e. The molecule has 2 amide bonds. The summed E-state index contributed by atoms with van der Waals surface area (Å²) in [5.74, 6) is -4.04. The third-order valence-electron chi connectivity index (χ3n) is 5.36. The maximum Gasteiger partial charge on any atom is 0.490 e. The van der Waals surface area contributed by atoms with E-state index in [1.165, 1.54) is 4.90 Å². The molecule has 5 N–H and O–H groups in total. The zero-order valence-electron chi connectivity index (χ0n) is 21.0. The van der Waals surface area contributed by atoms with Crippen LogP contribution in [0.25, 0.3) is 0 Å². The van der Waals surface area contributed by atoms with Crippen molar-refractivity contribution in [3.63, 3.8) is 0 Å². The molecule has 2 aromatic rings. The van der Waals surface area contributed by atoms with Crippen LogP contribution in [0.15, 0.2) is 42.5 Å². The van der Waals surface area contributed by atoms with Gasteiger partial charge in [-0.15, -0.1) is 0 Å². The van der Waals surface area contributed by atoms with Crippen molar-refractivity contribution in [3.05, 3.63) is 59.2 Å². The first-order valence-electron chi connectivity index (χ1n) is 11.4.